The van der Waals surface area contributed by atoms with Gasteiger partial charge in [0.05, 0.1) is 0 Å². The number of benzene rings is 1. The molecule has 1 aromatic carbocycles. The third-order valence-electron chi connectivity index (χ3n) is 4.25. The van der Waals surface area contributed by atoms with Gasteiger partial charge in [-0.25, -0.2) is 9.97 Å². The number of amides is 1. The minimum atomic E-state index is -0.246. The SMILES string of the molecule is CN(C)CCCNc1cc(C(=O)NCc2cccnc2)nc(-c2ccccc2)n1. The van der Waals surface area contributed by atoms with E-state index < -0.39 is 0 Å². The van der Waals surface area contributed by atoms with Crippen LogP contribution in [0.15, 0.2) is 60.9 Å². The Labute approximate surface area is 171 Å². The monoisotopic (exact) mass is 390 g/mol. The summed E-state index contributed by atoms with van der Waals surface area (Å²) in [5.41, 5.74) is 2.13. The van der Waals surface area contributed by atoms with E-state index in [2.05, 4.69) is 30.5 Å². The van der Waals surface area contributed by atoms with Gasteiger partial charge in [0.2, 0.25) is 0 Å². The number of nitrogens with one attached hydrogen (secondary N) is 2. The number of carbonyl (C=O) groups is 1. The lowest BCUT2D eigenvalue weighted by Gasteiger charge is -2.12. The van der Waals surface area contributed by atoms with Crippen LogP contribution in [-0.2, 0) is 6.54 Å². The summed E-state index contributed by atoms with van der Waals surface area (Å²) in [6.45, 7) is 2.13. The summed E-state index contributed by atoms with van der Waals surface area (Å²) >= 11 is 0. The van der Waals surface area contributed by atoms with Gasteiger partial charge in [0.25, 0.3) is 5.91 Å². The molecule has 0 radical (unpaired) electrons. The molecule has 0 aliphatic carbocycles. The Kier molecular flexibility index (Phi) is 7.24. The van der Waals surface area contributed by atoms with Gasteiger partial charge in [-0.1, -0.05) is 36.4 Å². The smallest absolute Gasteiger partial charge is 0.270 e. The molecular formula is C22H26N6O. The molecule has 0 atom stereocenters. The number of pyridine rings is 1. The summed E-state index contributed by atoms with van der Waals surface area (Å²) in [5, 5.41) is 6.21. The van der Waals surface area contributed by atoms with Crippen LogP contribution in [0.1, 0.15) is 22.5 Å². The molecule has 0 bridgehead atoms. The standard InChI is InChI=1S/C22H26N6O/c1-28(2)13-7-12-24-20-14-19(22(29)25-16-17-8-6-11-23-15-17)26-21(27-20)18-9-4-3-5-10-18/h3-6,8-11,14-15H,7,12-13,16H2,1-2H3,(H,25,29)(H,24,26,27). The average Bonchev–Trinajstić information content (AvgIpc) is 2.76. The van der Waals surface area contributed by atoms with Gasteiger partial charge in [0, 0.05) is 37.1 Å². The van der Waals surface area contributed by atoms with Crippen molar-refractivity contribution in [3.63, 3.8) is 0 Å². The Bertz CT molecular complexity index is 915. The van der Waals surface area contributed by atoms with Gasteiger partial charge in [0.15, 0.2) is 5.82 Å². The highest BCUT2D eigenvalue weighted by Crippen LogP contribution is 2.18. The Morgan fingerprint density at radius 1 is 1.07 bits per heavy atom. The van der Waals surface area contributed by atoms with Crippen LogP contribution < -0.4 is 10.6 Å². The van der Waals surface area contributed by atoms with Crippen LogP contribution in [-0.4, -0.2) is 52.9 Å². The van der Waals surface area contributed by atoms with E-state index in [0.29, 0.717) is 23.9 Å². The summed E-state index contributed by atoms with van der Waals surface area (Å²) < 4.78 is 0. The van der Waals surface area contributed by atoms with E-state index >= 15 is 0 Å². The number of anilines is 1. The maximum absolute atomic E-state index is 12.7. The second-order valence-electron chi connectivity index (χ2n) is 6.96. The van der Waals surface area contributed by atoms with Gasteiger partial charge in [-0.2, -0.15) is 0 Å². The van der Waals surface area contributed by atoms with Crippen LogP contribution >= 0.6 is 0 Å². The molecule has 1 amide bonds. The van der Waals surface area contributed by atoms with Crippen LogP contribution in [0.4, 0.5) is 5.82 Å². The first-order valence-electron chi connectivity index (χ1n) is 9.62. The fraction of sp³-hybridized carbons (Fsp3) is 0.273. The van der Waals surface area contributed by atoms with Crippen molar-refractivity contribution >= 4 is 11.7 Å². The summed E-state index contributed by atoms with van der Waals surface area (Å²) in [4.78, 5) is 28.0. The van der Waals surface area contributed by atoms with E-state index in [9.17, 15) is 4.79 Å². The number of aromatic nitrogens is 3. The van der Waals surface area contributed by atoms with Crippen molar-refractivity contribution in [2.45, 2.75) is 13.0 Å². The predicted octanol–water partition coefficient (Wildman–Crippen LogP) is 2.83. The molecule has 0 spiro atoms. The lowest BCUT2D eigenvalue weighted by atomic mass is 10.2. The van der Waals surface area contributed by atoms with Gasteiger partial charge in [-0.15, -0.1) is 0 Å². The van der Waals surface area contributed by atoms with Gasteiger partial charge in [0.1, 0.15) is 11.5 Å². The third kappa shape index (κ3) is 6.36. The zero-order valence-electron chi connectivity index (χ0n) is 16.8. The van der Waals surface area contributed by atoms with E-state index in [4.69, 9.17) is 0 Å². The molecule has 0 fully saturated rings. The molecule has 3 rings (SSSR count). The maximum Gasteiger partial charge on any atom is 0.270 e. The normalized spacial score (nSPS) is 10.7. The molecule has 0 saturated carbocycles. The Morgan fingerprint density at radius 3 is 2.62 bits per heavy atom. The topological polar surface area (TPSA) is 83.0 Å². The Hall–Kier alpha value is -3.32. The molecule has 3 aromatic rings. The first-order chi connectivity index (χ1) is 14.1. The van der Waals surface area contributed by atoms with Crippen molar-refractivity contribution in [1.29, 1.82) is 0 Å². The number of carbonyl (C=O) groups excluding carboxylic acids is 1. The van der Waals surface area contributed by atoms with Crippen LogP contribution in [0, 0.1) is 0 Å². The number of hydrogen-bond acceptors (Lipinski definition) is 6. The zero-order chi connectivity index (χ0) is 20.5. The van der Waals surface area contributed by atoms with Crippen molar-refractivity contribution in [1.82, 2.24) is 25.2 Å². The predicted molar refractivity (Wildman–Crippen MR) is 115 cm³/mol. The largest absolute Gasteiger partial charge is 0.370 e. The Morgan fingerprint density at radius 2 is 1.90 bits per heavy atom. The second kappa shape index (κ2) is 10.3. The lowest BCUT2D eigenvalue weighted by Crippen LogP contribution is -2.24. The lowest BCUT2D eigenvalue weighted by molar-refractivity contribution is 0.0946. The molecule has 0 unspecified atom stereocenters. The van der Waals surface area contributed by atoms with E-state index in [-0.39, 0.29) is 5.91 Å². The van der Waals surface area contributed by atoms with Crippen LogP contribution in [0.25, 0.3) is 11.4 Å². The summed E-state index contributed by atoms with van der Waals surface area (Å²) in [7, 11) is 4.09. The van der Waals surface area contributed by atoms with Crippen molar-refractivity contribution in [3.05, 3.63) is 72.2 Å². The van der Waals surface area contributed by atoms with E-state index in [1.165, 1.54) is 0 Å². The molecule has 150 valence electrons. The molecule has 7 nitrogen and oxygen atoms in total. The molecule has 7 heteroatoms. The van der Waals surface area contributed by atoms with Crippen LogP contribution in [0.3, 0.4) is 0 Å². The fourth-order valence-electron chi connectivity index (χ4n) is 2.76. The first-order valence-corrected chi connectivity index (χ1v) is 9.62. The second-order valence-corrected chi connectivity index (χ2v) is 6.96. The quantitative estimate of drug-likeness (QED) is 0.547. The van der Waals surface area contributed by atoms with Gasteiger partial charge >= 0.3 is 0 Å². The number of hydrogen-bond donors (Lipinski definition) is 2. The highest BCUT2D eigenvalue weighted by Gasteiger charge is 2.13. The summed E-state index contributed by atoms with van der Waals surface area (Å²) in [6, 6.07) is 15.1. The average molecular weight is 390 g/mol. The highest BCUT2D eigenvalue weighted by atomic mass is 16.1. The van der Waals surface area contributed by atoms with Crippen LogP contribution in [0.2, 0.25) is 0 Å². The molecule has 29 heavy (non-hydrogen) atoms. The molecule has 2 heterocycles. The Balaban J connectivity index is 1.77. The minimum Gasteiger partial charge on any atom is -0.370 e. The van der Waals surface area contributed by atoms with Gasteiger partial charge < -0.3 is 15.5 Å². The van der Waals surface area contributed by atoms with E-state index in [0.717, 1.165) is 30.6 Å². The fourth-order valence-corrected chi connectivity index (χ4v) is 2.76. The van der Waals surface area contributed by atoms with Gasteiger partial charge in [-0.3, -0.25) is 9.78 Å². The zero-order valence-corrected chi connectivity index (χ0v) is 16.8. The molecule has 2 N–H and O–H groups in total. The van der Waals surface area contributed by atoms with Crippen LogP contribution in [0.5, 0.6) is 0 Å². The molecule has 0 aliphatic heterocycles. The van der Waals surface area contributed by atoms with Crippen molar-refractivity contribution in [2.75, 3.05) is 32.5 Å². The third-order valence-corrected chi connectivity index (χ3v) is 4.25. The van der Waals surface area contributed by atoms with Crippen molar-refractivity contribution < 1.29 is 4.79 Å². The summed E-state index contributed by atoms with van der Waals surface area (Å²) in [5.74, 6) is 0.920. The van der Waals surface area contributed by atoms with Gasteiger partial charge in [-0.05, 0) is 38.7 Å². The molecule has 0 saturated heterocycles. The molecule has 0 aliphatic rings. The van der Waals surface area contributed by atoms with Crippen molar-refractivity contribution in [3.8, 4) is 11.4 Å². The maximum atomic E-state index is 12.7. The molecular weight excluding hydrogens is 364 g/mol. The summed E-state index contributed by atoms with van der Waals surface area (Å²) in [6.07, 6.45) is 4.41. The first kappa shape index (κ1) is 20.4. The highest BCUT2D eigenvalue weighted by molar-refractivity contribution is 5.93. The van der Waals surface area contributed by atoms with E-state index in [1.54, 1.807) is 18.5 Å². The van der Waals surface area contributed by atoms with E-state index in [1.807, 2.05) is 56.6 Å². The van der Waals surface area contributed by atoms with Crippen molar-refractivity contribution in [2.24, 2.45) is 0 Å². The minimum absolute atomic E-state index is 0.246. The molecule has 2 aromatic heterocycles. The number of rotatable bonds is 9. The number of nitrogens with zero attached hydrogens (tertiary/aromatic N) is 4.